The summed E-state index contributed by atoms with van der Waals surface area (Å²) < 4.78 is 29.0. The third-order valence-corrected chi connectivity index (χ3v) is 5.67. The molecule has 6 heteroatoms. The molecule has 0 fully saturated rings. The first-order chi connectivity index (χ1) is 8.70. The van der Waals surface area contributed by atoms with Crippen molar-refractivity contribution in [2.75, 3.05) is 12.4 Å². The zero-order valence-electron chi connectivity index (χ0n) is 11.0. The molecule has 0 spiro atoms. The molecule has 0 radical (unpaired) electrons. The van der Waals surface area contributed by atoms with Crippen LogP contribution in [0.3, 0.4) is 0 Å². The van der Waals surface area contributed by atoms with Gasteiger partial charge in [0.25, 0.3) is 0 Å². The Bertz CT molecular complexity index is 647. The number of halogens is 1. The fourth-order valence-corrected chi connectivity index (χ4v) is 5.21. The summed E-state index contributed by atoms with van der Waals surface area (Å²) in [6, 6.07) is 2.86. The van der Waals surface area contributed by atoms with Crippen LogP contribution in [0.1, 0.15) is 36.7 Å². The number of benzene rings is 1. The molecule has 1 aliphatic rings. The highest BCUT2D eigenvalue weighted by Gasteiger charge is 2.43. The van der Waals surface area contributed by atoms with Crippen LogP contribution < -0.4 is 0 Å². The normalized spacial score (nSPS) is 18.9. The van der Waals surface area contributed by atoms with Gasteiger partial charge in [0.2, 0.25) is 0 Å². The number of fused-ring (bicyclic) bond motifs is 1. The van der Waals surface area contributed by atoms with E-state index in [-0.39, 0.29) is 27.8 Å². The van der Waals surface area contributed by atoms with E-state index in [4.69, 9.17) is 16.3 Å². The Morgan fingerprint density at radius 3 is 2.63 bits per heavy atom. The van der Waals surface area contributed by atoms with Crippen LogP contribution in [-0.4, -0.2) is 26.7 Å². The molecule has 2 rings (SSSR count). The van der Waals surface area contributed by atoms with E-state index in [0.717, 1.165) is 0 Å². The number of sulfone groups is 1. The number of carbonyl (C=O) groups is 1. The van der Waals surface area contributed by atoms with Gasteiger partial charge in [-0.05, 0) is 24.6 Å². The highest BCUT2D eigenvalue weighted by atomic mass is 35.5. The van der Waals surface area contributed by atoms with Gasteiger partial charge < -0.3 is 4.74 Å². The zero-order chi connectivity index (χ0) is 14.4. The molecule has 0 bridgehead atoms. The number of ether oxygens (including phenoxy) is 1. The van der Waals surface area contributed by atoms with Crippen molar-refractivity contribution in [2.45, 2.75) is 31.1 Å². The van der Waals surface area contributed by atoms with Gasteiger partial charge in [-0.1, -0.05) is 25.4 Å². The standard InChI is InChI=1S/C13H15ClO4S/c1-4-18-12(15)8-5-6-9-10(11(8)14)13(2,3)7-19(9,16)17/h5-6H,4,7H2,1-3H3. The van der Waals surface area contributed by atoms with Gasteiger partial charge in [0.15, 0.2) is 9.84 Å². The second-order valence-electron chi connectivity index (χ2n) is 5.16. The van der Waals surface area contributed by atoms with Crippen LogP contribution in [0.2, 0.25) is 5.02 Å². The van der Waals surface area contributed by atoms with Crippen molar-refractivity contribution in [1.82, 2.24) is 0 Å². The zero-order valence-corrected chi connectivity index (χ0v) is 12.6. The third kappa shape index (κ3) is 2.25. The first-order valence-electron chi connectivity index (χ1n) is 5.93. The fourth-order valence-electron chi connectivity index (χ4n) is 2.44. The maximum Gasteiger partial charge on any atom is 0.339 e. The first kappa shape index (κ1) is 14.3. The second kappa shape index (κ2) is 4.49. The molecule has 1 heterocycles. The predicted molar refractivity (Wildman–Crippen MR) is 72.5 cm³/mol. The SMILES string of the molecule is CCOC(=O)c1ccc2c(c1Cl)C(C)(C)CS2(=O)=O. The summed E-state index contributed by atoms with van der Waals surface area (Å²) in [7, 11) is -3.33. The van der Waals surface area contributed by atoms with E-state index in [0.29, 0.717) is 5.56 Å². The fraction of sp³-hybridized carbons (Fsp3) is 0.462. The molecule has 0 atom stereocenters. The molecule has 19 heavy (non-hydrogen) atoms. The average molecular weight is 303 g/mol. The van der Waals surface area contributed by atoms with Crippen molar-refractivity contribution >= 4 is 27.4 Å². The smallest absolute Gasteiger partial charge is 0.339 e. The van der Waals surface area contributed by atoms with Crippen LogP contribution in [-0.2, 0) is 20.0 Å². The van der Waals surface area contributed by atoms with Crippen LogP contribution >= 0.6 is 11.6 Å². The highest BCUT2D eigenvalue weighted by molar-refractivity contribution is 7.91. The van der Waals surface area contributed by atoms with Crippen molar-refractivity contribution in [3.8, 4) is 0 Å². The molecule has 4 nitrogen and oxygen atoms in total. The van der Waals surface area contributed by atoms with E-state index < -0.39 is 21.2 Å². The Morgan fingerprint density at radius 1 is 1.42 bits per heavy atom. The number of esters is 1. The molecule has 1 aromatic rings. The quantitative estimate of drug-likeness (QED) is 0.788. The lowest BCUT2D eigenvalue weighted by atomic mass is 9.86. The molecule has 0 unspecified atom stereocenters. The lowest BCUT2D eigenvalue weighted by Gasteiger charge is -2.19. The van der Waals surface area contributed by atoms with Crippen molar-refractivity contribution in [1.29, 1.82) is 0 Å². The van der Waals surface area contributed by atoms with E-state index in [1.807, 2.05) is 0 Å². The molecule has 0 amide bonds. The Morgan fingerprint density at radius 2 is 2.05 bits per heavy atom. The number of rotatable bonds is 2. The highest BCUT2D eigenvalue weighted by Crippen LogP contribution is 2.44. The van der Waals surface area contributed by atoms with E-state index in [2.05, 4.69) is 0 Å². The van der Waals surface area contributed by atoms with Crippen molar-refractivity contribution in [2.24, 2.45) is 0 Å². The van der Waals surface area contributed by atoms with E-state index in [9.17, 15) is 13.2 Å². The number of hydrogen-bond acceptors (Lipinski definition) is 4. The van der Waals surface area contributed by atoms with Gasteiger partial charge in [0, 0.05) is 5.41 Å². The summed E-state index contributed by atoms with van der Waals surface area (Å²) in [5, 5.41) is 0.182. The van der Waals surface area contributed by atoms with Gasteiger partial charge in [0.1, 0.15) is 0 Å². The summed E-state index contributed by atoms with van der Waals surface area (Å²) >= 11 is 6.23. The third-order valence-electron chi connectivity index (χ3n) is 3.16. The van der Waals surface area contributed by atoms with Gasteiger partial charge in [0.05, 0.1) is 27.8 Å². The summed E-state index contributed by atoms with van der Waals surface area (Å²) in [6.07, 6.45) is 0. The molecule has 1 aromatic carbocycles. The molecule has 0 saturated heterocycles. The largest absolute Gasteiger partial charge is 0.462 e. The van der Waals surface area contributed by atoms with Crippen molar-refractivity contribution in [3.63, 3.8) is 0 Å². The lowest BCUT2D eigenvalue weighted by molar-refractivity contribution is 0.0526. The monoisotopic (exact) mass is 302 g/mol. The van der Waals surface area contributed by atoms with Crippen molar-refractivity contribution in [3.05, 3.63) is 28.3 Å². The summed E-state index contributed by atoms with van der Waals surface area (Å²) in [5.41, 5.74) is 0.125. The average Bonchev–Trinajstić information content (AvgIpc) is 2.45. The number of hydrogen-bond donors (Lipinski definition) is 0. The van der Waals surface area contributed by atoms with Crippen LogP contribution in [0.15, 0.2) is 17.0 Å². The Hall–Kier alpha value is -1.07. The molecule has 0 N–H and O–H groups in total. The second-order valence-corrected chi connectivity index (χ2v) is 7.50. The van der Waals surface area contributed by atoms with E-state index in [1.54, 1.807) is 20.8 Å². The summed E-state index contributed by atoms with van der Waals surface area (Å²) in [4.78, 5) is 12.0. The minimum atomic E-state index is -3.33. The maximum atomic E-state index is 12.1. The number of carbonyl (C=O) groups excluding carboxylic acids is 1. The van der Waals surface area contributed by atoms with Crippen molar-refractivity contribution < 1.29 is 17.9 Å². The van der Waals surface area contributed by atoms with Crippen LogP contribution in [0.4, 0.5) is 0 Å². The Kier molecular flexibility index (Phi) is 3.39. The van der Waals surface area contributed by atoms with Gasteiger partial charge in [-0.15, -0.1) is 0 Å². The van der Waals surface area contributed by atoms with Gasteiger partial charge in [-0.25, -0.2) is 13.2 Å². The van der Waals surface area contributed by atoms with Crippen LogP contribution in [0, 0.1) is 0 Å². The van der Waals surface area contributed by atoms with Crippen LogP contribution in [0.5, 0.6) is 0 Å². The Balaban J connectivity index is 2.67. The molecular weight excluding hydrogens is 288 g/mol. The van der Waals surface area contributed by atoms with Gasteiger partial charge in [-0.3, -0.25) is 0 Å². The maximum absolute atomic E-state index is 12.1. The lowest BCUT2D eigenvalue weighted by Crippen LogP contribution is -2.20. The summed E-state index contributed by atoms with van der Waals surface area (Å²) in [6.45, 7) is 5.55. The van der Waals surface area contributed by atoms with Gasteiger partial charge >= 0.3 is 5.97 Å². The van der Waals surface area contributed by atoms with Crippen LogP contribution in [0.25, 0.3) is 0 Å². The molecule has 0 aliphatic carbocycles. The Labute approximate surface area is 117 Å². The van der Waals surface area contributed by atoms with Gasteiger partial charge in [-0.2, -0.15) is 0 Å². The molecule has 1 aliphatic heterocycles. The van der Waals surface area contributed by atoms with E-state index in [1.165, 1.54) is 12.1 Å². The first-order valence-corrected chi connectivity index (χ1v) is 7.96. The summed E-state index contributed by atoms with van der Waals surface area (Å²) in [5.74, 6) is -0.531. The molecular formula is C13H15ClO4S. The molecule has 0 saturated carbocycles. The molecule has 104 valence electrons. The topological polar surface area (TPSA) is 60.4 Å². The predicted octanol–water partition coefficient (Wildman–Crippen LogP) is 2.58. The molecule has 0 aromatic heterocycles. The minimum absolute atomic E-state index is 0.00132. The minimum Gasteiger partial charge on any atom is -0.462 e. The van der Waals surface area contributed by atoms with E-state index >= 15 is 0 Å².